The van der Waals surface area contributed by atoms with Crippen molar-refractivity contribution < 1.29 is 4.74 Å². The first-order valence-corrected chi connectivity index (χ1v) is 5.33. The highest BCUT2D eigenvalue weighted by Gasteiger charge is 2.22. The van der Waals surface area contributed by atoms with Gasteiger partial charge in [0, 0.05) is 19.6 Å². The summed E-state index contributed by atoms with van der Waals surface area (Å²) in [6.07, 6.45) is 1.11. The van der Waals surface area contributed by atoms with Crippen LogP contribution >= 0.6 is 0 Å². The molecular weight excluding hydrogens is 174 g/mol. The zero-order valence-electron chi connectivity index (χ0n) is 10.1. The van der Waals surface area contributed by atoms with Crippen molar-refractivity contribution in [2.45, 2.75) is 46.3 Å². The summed E-state index contributed by atoms with van der Waals surface area (Å²) in [5, 5.41) is 3.42. The minimum Gasteiger partial charge on any atom is -0.380 e. The maximum Gasteiger partial charge on any atom is 0.0756 e. The molecule has 2 atom stereocenters. The Labute approximate surface area is 88.4 Å². The molecule has 0 aromatic carbocycles. The molecule has 1 N–H and O–H groups in total. The molecule has 0 radical (unpaired) electrons. The van der Waals surface area contributed by atoms with Gasteiger partial charge in [0.2, 0.25) is 0 Å². The van der Waals surface area contributed by atoms with Gasteiger partial charge in [0.05, 0.1) is 6.10 Å². The van der Waals surface area contributed by atoms with Gasteiger partial charge in [-0.15, -0.1) is 11.8 Å². The van der Waals surface area contributed by atoms with Crippen LogP contribution in [0.2, 0.25) is 0 Å². The summed E-state index contributed by atoms with van der Waals surface area (Å²) in [7, 11) is 1.77. The first-order valence-electron chi connectivity index (χ1n) is 5.33. The summed E-state index contributed by atoms with van der Waals surface area (Å²) in [5.74, 6) is 6.56. The number of ether oxygens (including phenoxy) is 1. The van der Waals surface area contributed by atoms with Crippen molar-refractivity contribution in [3.8, 4) is 11.8 Å². The third-order valence-corrected chi connectivity index (χ3v) is 2.29. The van der Waals surface area contributed by atoms with E-state index in [0.29, 0.717) is 12.0 Å². The Bertz CT molecular complexity index is 190. The summed E-state index contributed by atoms with van der Waals surface area (Å²) < 4.78 is 5.49. The van der Waals surface area contributed by atoms with Crippen molar-refractivity contribution in [2.75, 3.05) is 13.7 Å². The van der Waals surface area contributed by atoms with Crippen LogP contribution in [0, 0.1) is 17.8 Å². The Morgan fingerprint density at radius 3 is 2.36 bits per heavy atom. The van der Waals surface area contributed by atoms with E-state index in [4.69, 9.17) is 4.74 Å². The van der Waals surface area contributed by atoms with Crippen molar-refractivity contribution in [1.82, 2.24) is 5.32 Å². The van der Waals surface area contributed by atoms with Crippen LogP contribution in [0.3, 0.4) is 0 Å². The van der Waals surface area contributed by atoms with Gasteiger partial charge < -0.3 is 10.1 Å². The van der Waals surface area contributed by atoms with Gasteiger partial charge in [-0.2, -0.15) is 0 Å². The van der Waals surface area contributed by atoms with Gasteiger partial charge in [-0.3, -0.25) is 0 Å². The number of hydrogen-bond donors (Lipinski definition) is 1. The van der Waals surface area contributed by atoms with Gasteiger partial charge in [0.15, 0.2) is 0 Å². The predicted octanol–water partition coefficient (Wildman–Crippen LogP) is 2.05. The van der Waals surface area contributed by atoms with Gasteiger partial charge in [0.1, 0.15) is 0 Å². The van der Waals surface area contributed by atoms with Crippen LogP contribution in [0.25, 0.3) is 0 Å². The van der Waals surface area contributed by atoms with E-state index in [-0.39, 0.29) is 6.10 Å². The summed E-state index contributed by atoms with van der Waals surface area (Å²) in [6, 6.07) is 0.345. The number of likely N-dealkylation sites (N-methyl/N-ethyl adjacent to an activating group) is 1. The molecule has 0 saturated heterocycles. The second-order valence-corrected chi connectivity index (χ2v) is 3.74. The van der Waals surface area contributed by atoms with E-state index in [9.17, 15) is 0 Å². The smallest absolute Gasteiger partial charge is 0.0756 e. The normalized spacial score (nSPS) is 14.7. The molecule has 0 aliphatic rings. The van der Waals surface area contributed by atoms with E-state index < -0.39 is 0 Å². The lowest BCUT2D eigenvalue weighted by molar-refractivity contribution is 0.0350. The second kappa shape index (κ2) is 7.84. The Balaban J connectivity index is 4.31. The molecule has 0 spiro atoms. The maximum absolute atomic E-state index is 5.49. The first-order chi connectivity index (χ1) is 6.67. The van der Waals surface area contributed by atoms with Crippen LogP contribution in [-0.4, -0.2) is 25.8 Å². The van der Waals surface area contributed by atoms with Crippen molar-refractivity contribution in [1.29, 1.82) is 0 Å². The molecule has 0 saturated carbocycles. The lowest BCUT2D eigenvalue weighted by atomic mass is 9.97. The largest absolute Gasteiger partial charge is 0.380 e. The van der Waals surface area contributed by atoms with Crippen molar-refractivity contribution >= 4 is 0 Å². The molecule has 0 rings (SSSR count). The zero-order chi connectivity index (χ0) is 11.0. The fraction of sp³-hybridized carbons (Fsp3) is 0.833. The van der Waals surface area contributed by atoms with Crippen molar-refractivity contribution in [2.24, 2.45) is 5.92 Å². The van der Waals surface area contributed by atoms with Gasteiger partial charge in [-0.1, -0.05) is 20.8 Å². The van der Waals surface area contributed by atoms with E-state index in [1.165, 1.54) is 0 Å². The molecule has 0 amide bonds. The fourth-order valence-corrected chi connectivity index (χ4v) is 1.68. The monoisotopic (exact) mass is 197 g/mol. The number of hydrogen-bond acceptors (Lipinski definition) is 2. The molecule has 0 aromatic heterocycles. The van der Waals surface area contributed by atoms with Crippen LogP contribution in [0.1, 0.15) is 34.1 Å². The number of methoxy groups -OCH3 is 1. The Kier molecular flexibility index (Phi) is 7.55. The van der Waals surface area contributed by atoms with Gasteiger partial charge in [-0.25, -0.2) is 0 Å². The van der Waals surface area contributed by atoms with E-state index >= 15 is 0 Å². The first kappa shape index (κ1) is 13.5. The van der Waals surface area contributed by atoms with Crippen molar-refractivity contribution in [3.05, 3.63) is 0 Å². The van der Waals surface area contributed by atoms with Crippen LogP contribution in [-0.2, 0) is 4.74 Å². The standard InChI is InChI=1S/C12H23NO/c1-6-8-9-11(13-7-2)12(14-5)10(3)4/h10-13H,7,9H2,1-5H3. The molecule has 82 valence electrons. The quantitative estimate of drug-likeness (QED) is 0.658. The van der Waals surface area contributed by atoms with Crippen LogP contribution in [0.4, 0.5) is 0 Å². The molecule has 2 nitrogen and oxygen atoms in total. The van der Waals surface area contributed by atoms with E-state index in [0.717, 1.165) is 13.0 Å². The van der Waals surface area contributed by atoms with Crippen molar-refractivity contribution in [3.63, 3.8) is 0 Å². The maximum atomic E-state index is 5.49. The molecular formula is C12H23NO. The number of nitrogens with one attached hydrogen (secondary N) is 1. The average Bonchev–Trinajstić information content (AvgIpc) is 2.14. The minimum absolute atomic E-state index is 0.246. The van der Waals surface area contributed by atoms with E-state index in [1.807, 2.05) is 6.92 Å². The summed E-state index contributed by atoms with van der Waals surface area (Å²) >= 11 is 0. The van der Waals surface area contributed by atoms with Crippen LogP contribution < -0.4 is 5.32 Å². The average molecular weight is 197 g/mol. The Morgan fingerprint density at radius 1 is 1.36 bits per heavy atom. The van der Waals surface area contributed by atoms with Gasteiger partial charge in [0.25, 0.3) is 0 Å². The molecule has 0 aliphatic heterocycles. The zero-order valence-corrected chi connectivity index (χ0v) is 10.1. The molecule has 0 heterocycles. The van der Waals surface area contributed by atoms with E-state index in [2.05, 4.69) is 37.9 Å². The molecule has 0 fully saturated rings. The third kappa shape index (κ3) is 4.64. The minimum atomic E-state index is 0.246. The molecule has 2 unspecified atom stereocenters. The molecule has 0 aromatic rings. The fourth-order valence-electron chi connectivity index (χ4n) is 1.68. The summed E-state index contributed by atoms with van der Waals surface area (Å²) in [6.45, 7) is 9.30. The van der Waals surface area contributed by atoms with Gasteiger partial charge in [-0.05, 0) is 19.4 Å². The summed E-state index contributed by atoms with van der Waals surface area (Å²) in [4.78, 5) is 0. The highest BCUT2D eigenvalue weighted by molar-refractivity contribution is 5.00. The summed E-state index contributed by atoms with van der Waals surface area (Å²) in [5.41, 5.74) is 0. The highest BCUT2D eigenvalue weighted by Crippen LogP contribution is 2.12. The van der Waals surface area contributed by atoms with Crippen LogP contribution in [0.5, 0.6) is 0 Å². The lowest BCUT2D eigenvalue weighted by Crippen LogP contribution is -2.43. The Hall–Kier alpha value is -0.520. The third-order valence-electron chi connectivity index (χ3n) is 2.29. The Morgan fingerprint density at radius 2 is 2.00 bits per heavy atom. The predicted molar refractivity (Wildman–Crippen MR) is 61.2 cm³/mol. The molecule has 2 heteroatoms. The molecule has 0 bridgehead atoms. The van der Waals surface area contributed by atoms with E-state index in [1.54, 1.807) is 7.11 Å². The second-order valence-electron chi connectivity index (χ2n) is 3.74. The lowest BCUT2D eigenvalue weighted by Gasteiger charge is -2.28. The SMILES string of the molecule is CC#CCC(NCC)C(OC)C(C)C. The molecule has 0 aliphatic carbocycles. The van der Waals surface area contributed by atoms with Gasteiger partial charge >= 0.3 is 0 Å². The molecule has 14 heavy (non-hydrogen) atoms. The highest BCUT2D eigenvalue weighted by atomic mass is 16.5. The number of rotatable bonds is 6. The van der Waals surface area contributed by atoms with Crippen LogP contribution in [0.15, 0.2) is 0 Å². The topological polar surface area (TPSA) is 21.3 Å².